The minimum absolute atomic E-state index is 0.312. The van der Waals surface area contributed by atoms with E-state index in [1.165, 1.54) is 5.56 Å². The van der Waals surface area contributed by atoms with E-state index in [4.69, 9.17) is 5.84 Å². The first-order valence-corrected chi connectivity index (χ1v) is 5.28. The predicted octanol–water partition coefficient (Wildman–Crippen LogP) is 2.09. The predicted molar refractivity (Wildman–Crippen MR) is 58.6 cm³/mol. The van der Waals surface area contributed by atoms with Gasteiger partial charge in [0.25, 0.3) is 0 Å². The third-order valence-corrected chi connectivity index (χ3v) is 2.62. The minimum Gasteiger partial charge on any atom is -0.271 e. The van der Waals surface area contributed by atoms with Crippen LogP contribution in [0.5, 0.6) is 0 Å². The first-order valence-electron chi connectivity index (χ1n) is 4.34. The maximum atomic E-state index is 5.45. The van der Waals surface area contributed by atoms with Gasteiger partial charge in [-0.15, -0.1) is 6.58 Å². The Labute approximate surface area is 83.4 Å². The molecule has 0 fully saturated rings. The summed E-state index contributed by atoms with van der Waals surface area (Å²) in [4.78, 5) is 0. The average molecular weight is 196 g/mol. The van der Waals surface area contributed by atoms with Gasteiger partial charge in [0.1, 0.15) is 0 Å². The van der Waals surface area contributed by atoms with Crippen LogP contribution >= 0.6 is 11.3 Å². The molecule has 3 heteroatoms. The monoisotopic (exact) mass is 196 g/mol. The fourth-order valence-corrected chi connectivity index (χ4v) is 1.99. The van der Waals surface area contributed by atoms with Crippen LogP contribution in [0, 0.1) is 0 Å². The minimum atomic E-state index is 0.312. The van der Waals surface area contributed by atoms with Gasteiger partial charge in [0.2, 0.25) is 0 Å². The SMILES string of the molecule is C=C(C)CC(Cc1ccsc1)NN. The zero-order valence-corrected chi connectivity index (χ0v) is 8.73. The molecule has 1 aromatic heterocycles. The highest BCUT2D eigenvalue weighted by atomic mass is 32.1. The number of nitrogens with two attached hydrogens (primary N) is 1. The molecule has 0 aromatic carbocycles. The van der Waals surface area contributed by atoms with Crippen molar-refractivity contribution in [3.8, 4) is 0 Å². The molecule has 1 rings (SSSR count). The van der Waals surface area contributed by atoms with E-state index in [0.717, 1.165) is 18.4 Å². The highest BCUT2D eigenvalue weighted by Crippen LogP contribution is 2.12. The lowest BCUT2D eigenvalue weighted by atomic mass is 10.0. The number of hydrazine groups is 1. The van der Waals surface area contributed by atoms with Crippen LogP contribution in [0.3, 0.4) is 0 Å². The molecule has 0 bridgehead atoms. The fraction of sp³-hybridized carbons (Fsp3) is 0.400. The van der Waals surface area contributed by atoms with E-state index in [2.05, 4.69) is 28.8 Å². The lowest BCUT2D eigenvalue weighted by molar-refractivity contribution is 0.522. The summed E-state index contributed by atoms with van der Waals surface area (Å²) in [5.74, 6) is 5.45. The van der Waals surface area contributed by atoms with Crippen molar-refractivity contribution in [2.24, 2.45) is 5.84 Å². The highest BCUT2D eigenvalue weighted by molar-refractivity contribution is 7.07. The van der Waals surface area contributed by atoms with Crippen molar-refractivity contribution < 1.29 is 0 Å². The molecule has 1 unspecified atom stereocenters. The average Bonchev–Trinajstić information content (AvgIpc) is 2.55. The summed E-state index contributed by atoms with van der Waals surface area (Å²) in [6, 6.07) is 2.44. The quantitative estimate of drug-likeness (QED) is 0.430. The van der Waals surface area contributed by atoms with E-state index in [1.54, 1.807) is 11.3 Å². The van der Waals surface area contributed by atoms with Gasteiger partial charge in [-0.25, -0.2) is 0 Å². The van der Waals surface area contributed by atoms with Crippen molar-refractivity contribution in [2.75, 3.05) is 0 Å². The Morgan fingerprint density at radius 1 is 1.77 bits per heavy atom. The lowest BCUT2D eigenvalue weighted by Gasteiger charge is -2.14. The molecule has 1 atom stereocenters. The Kier molecular flexibility index (Phi) is 4.15. The molecule has 13 heavy (non-hydrogen) atoms. The van der Waals surface area contributed by atoms with E-state index >= 15 is 0 Å². The standard InChI is InChI=1S/C10H16N2S/c1-8(2)5-10(12-11)6-9-3-4-13-7-9/h3-4,7,10,12H,1,5-6,11H2,2H3. The van der Waals surface area contributed by atoms with E-state index < -0.39 is 0 Å². The maximum absolute atomic E-state index is 5.45. The Morgan fingerprint density at radius 3 is 3.00 bits per heavy atom. The molecule has 3 N–H and O–H groups in total. The van der Waals surface area contributed by atoms with Crippen molar-refractivity contribution in [3.05, 3.63) is 34.5 Å². The van der Waals surface area contributed by atoms with Gasteiger partial charge < -0.3 is 0 Å². The summed E-state index contributed by atoms with van der Waals surface area (Å²) in [5.41, 5.74) is 5.32. The van der Waals surface area contributed by atoms with Crippen LogP contribution in [-0.2, 0) is 6.42 Å². The molecule has 0 amide bonds. The fourth-order valence-electron chi connectivity index (χ4n) is 1.30. The summed E-state index contributed by atoms with van der Waals surface area (Å²) in [5, 5.41) is 4.24. The molecule has 0 radical (unpaired) electrons. The Morgan fingerprint density at radius 2 is 2.54 bits per heavy atom. The third-order valence-electron chi connectivity index (χ3n) is 1.89. The first-order chi connectivity index (χ1) is 6.22. The Bertz CT molecular complexity index is 254. The molecule has 0 saturated carbocycles. The topological polar surface area (TPSA) is 38.0 Å². The molecule has 2 nitrogen and oxygen atoms in total. The van der Waals surface area contributed by atoms with Gasteiger partial charge in [-0.1, -0.05) is 5.57 Å². The lowest BCUT2D eigenvalue weighted by Crippen LogP contribution is -2.36. The molecular weight excluding hydrogens is 180 g/mol. The summed E-state index contributed by atoms with van der Waals surface area (Å²) < 4.78 is 0. The zero-order valence-electron chi connectivity index (χ0n) is 7.92. The molecule has 0 aliphatic carbocycles. The van der Waals surface area contributed by atoms with Gasteiger partial charge in [-0.05, 0) is 42.2 Å². The highest BCUT2D eigenvalue weighted by Gasteiger charge is 2.07. The van der Waals surface area contributed by atoms with Gasteiger partial charge in [0, 0.05) is 6.04 Å². The molecule has 1 heterocycles. The van der Waals surface area contributed by atoms with Gasteiger partial charge >= 0.3 is 0 Å². The smallest absolute Gasteiger partial charge is 0.0288 e. The van der Waals surface area contributed by atoms with Crippen LogP contribution in [-0.4, -0.2) is 6.04 Å². The molecular formula is C10H16N2S. The first kappa shape index (κ1) is 10.4. The van der Waals surface area contributed by atoms with Crippen LogP contribution in [0.4, 0.5) is 0 Å². The third kappa shape index (κ3) is 3.72. The van der Waals surface area contributed by atoms with Gasteiger partial charge in [-0.2, -0.15) is 11.3 Å². The Balaban J connectivity index is 2.45. The van der Waals surface area contributed by atoms with E-state index in [9.17, 15) is 0 Å². The summed E-state index contributed by atoms with van der Waals surface area (Å²) in [7, 11) is 0. The van der Waals surface area contributed by atoms with Gasteiger partial charge in [0.15, 0.2) is 0 Å². The number of rotatable bonds is 5. The van der Waals surface area contributed by atoms with Crippen molar-refractivity contribution in [1.82, 2.24) is 5.43 Å². The second-order valence-corrected chi connectivity index (χ2v) is 4.14. The number of hydrogen-bond donors (Lipinski definition) is 2. The summed E-state index contributed by atoms with van der Waals surface area (Å²) in [6.45, 7) is 5.90. The van der Waals surface area contributed by atoms with E-state index in [1.807, 2.05) is 6.92 Å². The second-order valence-electron chi connectivity index (χ2n) is 3.36. The number of thiophene rings is 1. The van der Waals surface area contributed by atoms with Crippen LogP contribution in [0.25, 0.3) is 0 Å². The molecule has 72 valence electrons. The molecule has 0 saturated heterocycles. The number of hydrogen-bond acceptors (Lipinski definition) is 3. The van der Waals surface area contributed by atoms with E-state index in [-0.39, 0.29) is 0 Å². The van der Waals surface area contributed by atoms with Crippen molar-refractivity contribution >= 4 is 11.3 Å². The summed E-state index contributed by atoms with van der Waals surface area (Å²) in [6.07, 6.45) is 1.92. The second kappa shape index (κ2) is 5.17. The van der Waals surface area contributed by atoms with Crippen molar-refractivity contribution in [2.45, 2.75) is 25.8 Å². The molecule has 1 aromatic rings. The van der Waals surface area contributed by atoms with Gasteiger partial charge in [-0.3, -0.25) is 11.3 Å². The molecule has 0 aliphatic heterocycles. The van der Waals surface area contributed by atoms with Crippen LogP contribution < -0.4 is 11.3 Å². The molecule has 0 spiro atoms. The normalized spacial score (nSPS) is 12.8. The van der Waals surface area contributed by atoms with E-state index in [0.29, 0.717) is 6.04 Å². The van der Waals surface area contributed by atoms with Crippen LogP contribution in [0.15, 0.2) is 29.0 Å². The van der Waals surface area contributed by atoms with Crippen molar-refractivity contribution in [1.29, 1.82) is 0 Å². The largest absolute Gasteiger partial charge is 0.271 e. The van der Waals surface area contributed by atoms with Crippen LogP contribution in [0.1, 0.15) is 18.9 Å². The van der Waals surface area contributed by atoms with Crippen LogP contribution in [0.2, 0.25) is 0 Å². The Hall–Kier alpha value is -0.640. The van der Waals surface area contributed by atoms with Crippen molar-refractivity contribution in [3.63, 3.8) is 0 Å². The maximum Gasteiger partial charge on any atom is 0.0288 e. The molecule has 0 aliphatic rings. The number of nitrogens with one attached hydrogen (secondary N) is 1. The zero-order chi connectivity index (χ0) is 9.68. The summed E-state index contributed by atoms with van der Waals surface area (Å²) >= 11 is 1.72. The van der Waals surface area contributed by atoms with Gasteiger partial charge in [0.05, 0.1) is 0 Å².